The SMILES string of the molecule is Cl.O=C1NC[C@@H]2CNCCN12. The molecule has 0 aromatic heterocycles. The minimum Gasteiger partial charge on any atom is -0.336 e. The van der Waals surface area contributed by atoms with Crippen LogP contribution in [0.15, 0.2) is 0 Å². The lowest BCUT2D eigenvalue weighted by Crippen LogP contribution is -2.49. The second-order valence-electron chi connectivity index (χ2n) is 2.74. The van der Waals surface area contributed by atoms with E-state index >= 15 is 0 Å². The van der Waals surface area contributed by atoms with Gasteiger partial charge in [-0.1, -0.05) is 0 Å². The number of urea groups is 1. The molecule has 0 unspecified atom stereocenters. The minimum atomic E-state index is 0. The zero-order valence-electron chi connectivity index (χ0n) is 6.17. The molecule has 4 nitrogen and oxygen atoms in total. The number of nitrogens with zero attached hydrogens (tertiary/aromatic N) is 1. The van der Waals surface area contributed by atoms with Gasteiger partial charge in [-0.2, -0.15) is 0 Å². The van der Waals surface area contributed by atoms with Crippen molar-refractivity contribution in [3.8, 4) is 0 Å². The average molecular weight is 178 g/mol. The quantitative estimate of drug-likeness (QED) is 0.520. The van der Waals surface area contributed by atoms with Crippen LogP contribution in [0.2, 0.25) is 0 Å². The fourth-order valence-electron chi connectivity index (χ4n) is 1.52. The van der Waals surface area contributed by atoms with E-state index in [1.807, 2.05) is 4.90 Å². The minimum absolute atomic E-state index is 0. The number of fused-ring (bicyclic) bond motifs is 1. The molecule has 2 saturated heterocycles. The maximum atomic E-state index is 11.0. The van der Waals surface area contributed by atoms with E-state index in [4.69, 9.17) is 0 Å². The third-order valence-electron chi connectivity index (χ3n) is 2.10. The van der Waals surface area contributed by atoms with Gasteiger partial charge in [0.05, 0.1) is 6.04 Å². The lowest BCUT2D eigenvalue weighted by molar-refractivity contribution is 0.191. The fourth-order valence-corrected chi connectivity index (χ4v) is 1.52. The van der Waals surface area contributed by atoms with Crippen LogP contribution in [0.3, 0.4) is 0 Å². The summed E-state index contributed by atoms with van der Waals surface area (Å²) in [6, 6.07) is 0.507. The first-order valence-corrected chi connectivity index (χ1v) is 3.63. The Kier molecular flexibility index (Phi) is 2.57. The zero-order valence-corrected chi connectivity index (χ0v) is 6.99. The van der Waals surface area contributed by atoms with Crippen LogP contribution in [-0.4, -0.2) is 43.2 Å². The number of carbonyl (C=O) groups is 1. The van der Waals surface area contributed by atoms with Gasteiger partial charge in [0.2, 0.25) is 0 Å². The molecule has 11 heavy (non-hydrogen) atoms. The molecular formula is C6H12ClN3O. The second kappa shape index (κ2) is 3.28. The van der Waals surface area contributed by atoms with Gasteiger partial charge in [-0.3, -0.25) is 0 Å². The van der Waals surface area contributed by atoms with E-state index in [0.717, 1.165) is 26.2 Å². The first-order chi connectivity index (χ1) is 4.88. The first kappa shape index (κ1) is 8.62. The molecule has 0 bridgehead atoms. The van der Waals surface area contributed by atoms with Crippen LogP contribution >= 0.6 is 12.4 Å². The fraction of sp³-hybridized carbons (Fsp3) is 0.833. The van der Waals surface area contributed by atoms with Crippen molar-refractivity contribution in [2.45, 2.75) is 6.04 Å². The van der Waals surface area contributed by atoms with Crippen LogP contribution in [0, 0.1) is 0 Å². The van der Waals surface area contributed by atoms with Crippen LogP contribution in [0.1, 0.15) is 0 Å². The normalized spacial score (nSPS) is 28.9. The van der Waals surface area contributed by atoms with Crippen LogP contribution < -0.4 is 10.6 Å². The maximum absolute atomic E-state index is 11.0. The summed E-state index contributed by atoms with van der Waals surface area (Å²) in [6.07, 6.45) is 0. The maximum Gasteiger partial charge on any atom is 0.317 e. The van der Waals surface area contributed by atoms with Gasteiger partial charge in [0.15, 0.2) is 0 Å². The molecule has 5 heteroatoms. The Morgan fingerprint density at radius 2 is 2.27 bits per heavy atom. The van der Waals surface area contributed by atoms with Gasteiger partial charge in [0, 0.05) is 26.2 Å². The van der Waals surface area contributed by atoms with Crippen molar-refractivity contribution in [3.63, 3.8) is 0 Å². The molecule has 2 heterocycles. The van der Waals surface area contributed by atoms with Crippen molar-refractivity contribution in [2.75, 3.05) is 26.2 Å². The van der Waals surface area contributed by atoms with Gasteiger partial charge in [0.1, 0.15) is 0 Å². The van der Waals surface area contributed by atoms with E-state index in [-0.39, 0.29) is 18.4 Å². The van der Waals surface area contributed by atoms with Crippen LogP contribution in [-0.2, 0) is 0 Å². The van der Waals surface area contributed by atoms with E-state index < -0.39 is 0 Å². The van der Waals surface area contributed by atoms with Crippen LogP contribution in [0.25, 0.3) is 0 Å². The molecule has 2 amide bonds. The molecule has 2 rings (SSSR count). The molecule has 0 radical (unpaired) electrons. The molecule has 0 aliphatic carbocycles. The summed E-state index contributed by atoms with van der Waals surface area (Å²) in [6.45, 7) is 3.55. The third-order valence-corrected chi connectivity index (χ3v) is 2.10. The molecule has 2 aliphatic heterocycles. The standard InChI is InChI=1S/C6H11N3O.ClH/c10-6-8-4-5-3-7-1-2-9(5)6;/h5,7H,1-4H2,(H,8,10);1H/t5-;/m0./s1. The smallest absolute Gasteiger partial charge is 0.317 e. The Bertz CT molecular complexity index is 164. The lowest BCUT2D eigenvalue weighted by atomic mass is 10.2. The molecule has 0 aromatic carbocycles. The predicted octanol–water partition coefficient (Wildman–Crippen LogP) is -0.595. The summed E-state index contributed by atoms with van der Waals surface area (Å²) < 4.78 is 0. The van der Waals surface area contributed by atoms with Crippen molar-refractivity contribution >= 4 is 18.4 Å². The first-order valence-electron chi connectivity index (χ1n) is 3.63. The summed E-state index contributed by atoms with van der Waals surface area (Å²) in [7, 11) is 0. The number of hydrogen-bond donors (Lipinski definition) is 2. The van der Waals surface area contributed by atoms with E-state index in [1.165, 1.54) is 0 Å². The van der Waals surface area contributed by atoms with Crippen LogP contribution in [0.4, 0.5) is 4.79 Å². The van der Waals surface area contributed by atoms with Gasteiger partial charge in [-0.15, -0.1) is 12.4 Å². The molecule has 2 N–H and O–H groups in total. The Balaban J connectivity index is 0.000000605. The topological polar surface area (TPSA) is 44.4 Å². The molecule has 2 fully saturated rings. The zero-order chi connectivity index (χ0) is 6.97. The number of halogens is 1. The summed E-state index contributed by atoms with van der Waals surface area (Å²) in [5.41, 5.74) is 0. The summed E-state index contributed by atoms with van der Waals surface area (Å²) >= 11 is 0. The van der Waals surface area contributed by atoms with Gasteiger partial charge in [-0.05, 0) is 0 Å². The Hall–Kier alpha value is -0.480. The molecule has 2 aliphatic rings. The predicted molar refractivity (Wildman–Crippen MR) is 44.0 cm³/mol. The highest BCUT2D eigenvalue weighted by Crippen LogP contribution is 2.07. The van der Waals surface area contributed by atoms with Gasteiger partial charge in [0.25, 0.3) is 0 Å². The van der Waals surface area contributed by atoms with E-state index in [2.05, 4.69) is 10.6 Å². The van der Waals surface area contributed by atoms with E-state index in [9.17, 15) is 4.79 Å². The molecule has 0 spiro atoms. The van der Waals surface area contributed by atoms with Gasteiger partial charge >= 0.3 is 6.03 Å². The largest absolute Gasteiger partial charge is 0.336 e. The Morgan fingerprint density at radius 3 is 3.00 bits per heavy atom. The summed E-state index contributed by atoms with van der Waals surface area (Å²) in [5, 5.41) is 6.05. The average Bonchev–Trinajstić information content (AvgIpc) is 2.34. The summed E-state index contributed by atoms with van der Waals surface area (Å²) in [5.74, 6) is 0. The van der Waals surface area contributed by atoms with Crippen molar-refractivity contribution in [1.29, 1.82) is 0 Å². The molecule has 0 saturated carbocycles. The summed E-state index contributed by atoms with van der Waals surface area (Å²) in [4.78, 5) is 12.9. The number of piperazine rings is 1. The Labute approximate surface area is 71.7 Å². The van der Waals surface area contributed by atoms with Gasteiger partial charge < -0.3 is 15.5 Å². The number of amides is 2. The third kappa shape index (κ3) is 1.41. The second-order valence-corrected chi connectivity index (χ2v) is 2.74. The molecule has 64 valence electrons. The highest BCUT2D eigenvalue weighted by molar-refractivity contribution is 5.85. The lowest BCUT2D eigenvalue weighted by Gasteiger charge is -2.28. The van der Waals surface area contributed by atoms with Crippen LogP contribution in [0.5, 0.6) is 0 Å². The molecular weight excluding hydrogens is 166 g/mol. The number of carbonyl (C=O) groups excluding carboxylic acids is 1. The van der Waals surface area contributed by atoms with E-state index in [0.29, 0.717) is 6.04 Å². The monoisotopic (exact) mass is 177 g/mol. The number of hydrogen-bond acceptors (Lipinski definition) is 2. The highest BCUT2D eigenvalue weighted by Gasteiger charge is 2.31. The number of rotatable bonds is 0. The number of nitrogens with one attached hydrogen (secondary N) is 2. The van der Waals surface area contributed by atoms with Crippen molar-refractivity contribution in [3.05, 3.63) is 0 Å². The van der Waals surface area contributed by atoms with Crippen molar-refractivity contribution in [1.82, 2.24) is 15.5 Å². The van der Waals surface area contributed by atoms with Crippen molar-refractivity contribution in [2.24, 2.45) is 0 Å². The Morgan fingerprint density at radius 1 is 1.45 bits per heavy atom. The van der Waals surface area contributed by atoms with E-state index in [1.54, 1.807) is 0 Å². The van der Waals surface area contributed by atoms with Gasteiger partial charge in [-0.25, -0.2) is 4.79 Å². The molecule has 0 aromatic rings. The highest BCUT2D eigenvalue weighted by atomic mass is 35.5. The van der Waals surface area contributed by atoms with Crippen molar-refractivity contribution < 1.29 is 4.79 Å². The molecule has 1 atom stereocenters.